The Balaban J connectivity index is 1.85. The zero-order chi connectivity index (χ0) is 17.3. The Morgan fingerprint density at radius 1 is 1.04 bits per heavy atom. The summed E-state index contributed by atoms with van der Waals surface area (Å²) in [5.74, 6) is -0.404. The van der Waals surface area contributed by atoms with Gasteiger partial charge in [-0.3, -0.25) is 14.2 Å². The minimum Gasteiger partial charge on any atom is -0.324 e. The molecule has 3 aromatic rings. The number of rotatable bonds is 3. The number of nitrogens with one attached hydrogen (secondary N) is 1. The number of carbonyl (C=O) groups is 1. The lowest BCUT2D eigenvalue weighted by Crippen LogP contribution is -2.27. The van der Waals surface area contributed by atoms with Gasteiger partial charge in [0, 0.05) is 20.8 Å². The summed E-state index contributed by atoms with van der Waals surface area (Å²) < 4.78 is 1.21. The molecule has 1 amide bonds. The van der Waals surface area contributed by atoms with Gasteiger partial charge in [0.2, 0.25) is 5.91 Å². The van der Waals surface area contributed by atoms with E-state index < -0.39 is 5.91 Å². The van der Waals surface area contributed by atoms with Crippen molar-refractivity contribution in [1.82, 2.24) is 9.55 Å². The molecule has 0 fully saturated rings. The molecule has 0 radical (unpaired) electrons. The fourth-order valence-corrected chi connectivity index (χ4v) is 2.92. The zero-order valence-corrected chi connectivity index (χ0v) is 14.4. The fourth-order valence-electron chi connectivity index (χ4n) is 2.23. The summed E-state index contributed by atoms with van der Waals surface area (Å²) in [7, 11) is 0. The predicted molar refractivity (Wildman–Crippen MR) is 96.1 cm³/mol. The molecule has 24 heavy (non-hydrogen) atoms. The summed E-state index contributed by atoms with van der Waals surface area (Å²) in [6.07, 6.45) is 1.32. The molecule has 0 saturated heterocycles. The van der Waals surface area contributed by atoms with Gasteiger partial charge in [-0.2, -0.15) is 0 Å². The van der Waals surface area contributed by atoms with Crippen LogP contribution in [0.1, 0.15) is 0 Å². The standard InChI is InChI=1S/C16H10Cl3N3O2/c17-9-1-2-14-13(6-9)16(24)22(8-20-14)7-15(23)21-12-4-10(18)3-11(19)5-12/h1-6,8H,7H2,(H,21,23). The summed E-state index contributed by atoms with van der Waals surface area (Å²) in [6.45, 7) is -0.196. The van der Waals surface area contributed by atoms with Crippen LogP contribution in [0, 0.1) is 0 Å². The molecule has 8 heteroatoms. The molecule has 5 nitrogen and oxygen atoms in total. The molecule has 1 heterocycles. The van der Waals surface area contributed by atoms with Gasteiger partial charge in [-0.1, -0.05) is 34.8 Å². The van der Waals surface area contributed by atoms with Crippen molar-refractivity contribution in [3.63, 3.8) is 0 Å². The molecule has 3 rings (SSSR count). The number of carbonyl (C=O) groups excluding carboxylic acids is 1. The lowest BCUT2D eigenvalue weighted by atomic mass is 10.2. The van der Waals surface area contributed by atoms with E-state index in [9.17, 15) is 9.59 Å². The van der Waals surface area contributed by atoms with Crippen LogP contribution in [0.5, 0.6) is 0 Å². The average Bonchev–Trinajstić information content (AvgIpc) is 2.49. The van der Waals surface area contributed by atoms with E-state index in [-0.39, 0.29) is 12.1 Å². The number of aromatic nitrogens is 2. The SMILES string of the molecule is O=C(Cn1cnc2ccc(Cl)cc2c1=O)Nc1cc(Cl)cc(Cl)c1. The molecule has 1 N–H and O–H groups in total. The number of amides is 1. The molecule has 0 atom stereocenters. The lowest BCUT2D eigenvalue weighted by molar-refractivity contribution is -0.116. The van der Waals surface area contributed by atoms with Crippen LogP contribution in [0.15, 0.2) is 47.5 Å². The highest BCUT2D eigenvalue weighted by Crippen LogP contribution is 2.22. The van der Waals surface area contributed by atoms with Gasteiger partial charge in [0.05, 0.1) is 17.2 Å². The number of hydrogen-bond acceptors (Lipinski definition) is 3. The van der Waals surface area contributed by atoms with Gasteiger partial charge in [0.1, 0.15) is 6.54 Å². The van der Waals surface area contributed by atoms with Crippen LogP contribution in [0.3, 0.4) is 0 Å². The summed E-state index contributed by atoms with van der Waals surface area (Å²) in [4.78, 5) is 28.7. The number of anilines is 1. The molecule has 2 aromatic carbocycles. The fraction of sp³-hybridized carbons (Fsp3) is 0.0625. The largest absolute Gasteiger partial charge is 0.324 e. The maximum atomic E-state index is 12.4. The average molecular weight is 383 g/mol. The first-order chi connectivity index (χ1) is 11.4. The van der Waals surface area contributed by atoms with E-state index in [0.717, 1.165) is 0 Å². The first kappa shape index (κ1) is 16.8. The van der Waals surface area contributed by atoms with Crippen molar-refractivity contribution in [3.05, 3.63) is 68.1 Å². The minimum absolute atomic E-state index is 0.196. The Bertz CT molecular complexity index is 981. The highest BCUT2D eigenvalue weighted by Gasteiger charge is 2.09. The molecular weight excluding hydrogens is 373 g/mol. The van der Waals surface area contributed by atoms with Crippen molar-refractivity contribution >= 4 is 57.3 Å². The molecule has 0 aliphatic carbocycles. The van der Waals surface area contributed by atoms with Gasteiger partial charge in [0.15, 0.2) is 0 Å². The van der Waals surface area contributed by atoms with E-state index in [4.69, 9.17) is 34.8 Å². The summed E-state index contributed by atoms with van der Waals surface area (Å²) >= 11 is 17.7. The van der Waals surface area contributed by atoms with Crippen molar-refractivity contribution in [1.29, 1.82) is 0 Å². The number of halogens is 3. The monoisotopic (exact) mass is 381 g/mol. The highest BCUT2D eigenvalue weighted by molar-refractivity contribution is 6.35. The second-order valence-corrected chi connectivity index (χ2v) is 6.35. The third kappa shape index (κ3) is 3.70. The van der Waals surface area contributed by atoms with Gasteiger partial charge < -0.3 is 5.32 Å². The van der Waals surface area contributed by atoms with Gasteiger partial charge in [-0.05, 0) is 36.4 Å². The van der Waals surface area contributed by atoms with Crippen molar-refractivity contribution < 1.29 is 4.79 Å². The van der Waals surface area contributed by atoms with Crippen molar-refractivity contribution in [2.24, 2.45) is 0 Å². The van der Waals surface area contributed by atoms with Crippen molar-refractivity contribution in [2.75, 3.05) is 5.32 Å². The maximum Gasteiger partial charge on any atom is 0.261 e. The quantitative estimate of drug-likeness (QED) is 0.745. The Morgan fingerprint density at radius 3 is 2.46 bits per heavy atom. The van der Waals surface area contributed by atoms with Crippen molar-refractivity contribution in [2.45, 2.75) is 6.54 Å². The molecule has 0 aliphatic rings. The number of benzene rings is 2. The van der Waals surface area contributed by atoms with Crippen LogP contribution in [0.2, 0.25) is 15.1 Å². The Hall–Kier alpha value is -2.08. The van der Waals surface area contributed by atoms with E-state index in [1.807, 2.05) is 0 Å². The van der Waals surface area contributed by atoms with E-state index in [1.54, 1.807) is 30.3 Å². The third-order valence-corrected chi connectivity index (χ3v) is 3.92. The lowest BCUT2D eigenvalue weighted by Gasteiger charge is -2.09. The molecule has 122 valence electrons. The van der Waals surface area contributed by atoms with Gasteiger partial charge >= 0.3 is 0 Å². The Kier molecular flexibility index (Phi) is 4.76. The number of fused-ring (bicyclic) bond motifs is 1. The molecule has 0 aliphatic heterocycles. The molecule has 0 saturated carbocycles. The van der Waals surface area contributed by atoms with Crippen LogP contribution in [-0.4, -0.2) is 15.5 Å². The predicted octanol–water partition coefficient (Wildman–Crippen LogP) is 4.00. The van der Waals surface area contributed by atoms with Crippen LogP contribution < -0.4 is 10.9 Å². The second-order valence-electron chi connectivity index (χ2n) is 5.05. The van der Waals surface area contributed by atoms with Gasteiger partial charge in [-0.25, -0.2) is 4.98 Å². The number of nitrogens with zero attached hydrogens (tertiary/aromatic N) is 2. The second kappa shape index (κ2) is 6.81. The molecular formula is C16H10Cl3N3O2. The third-order valence-electron chi connectivity index (χ3n) is 3.25. The molecule has 1 aromatic heterocycles. The van der Waals surface area contributed by atoms with E-state index in [0.29, 0.717) is 31.7 Å². The Morgan fingerprint density at radius 2 is 1.75 bits per heavy atom. The van der Waals surface area contributed by atoms with Gasteiger partial charge in [0.25, 0.3) is 5.56 Å². The van der Waals surface area contributed by atoms with E-state index in [1.165, 1.54) is 17.0 Å². The normalized spacial score (nSPS) is 10.8. The summed E-state index contributed by atoms with van der Waals surface area (Å²) in [5.41, 5.74) is 0.617. The molecule has 0 unspecified atom stereocenters. The number of hydrogen-bond donors (Lipinski definition) is 1. The highest BCUT2D eigenvalue weighted by atomic mass is 35.5. The molecule has 0 bridgehead atoms. The van der Waals surface area contributed by atoms with Crippen LogP contribution >= 0.6 is 34.8 Å². The van der Waals surface area contributed by atoms with Crippen LogP contribution in [0.25, 0.3) is 10.9 Å². The van der Waals surface area contributed by atoms with E-state index in [2.05, 4.69) is 10.3 Å². The smallest absolute Gasteiger partial charge is 0.261 e. The van der Waals surface area contributed by atoms with Crippen molar-refractivity contribution in [3.8, 4) is 0 Å². The maximum absolute atomic E-state index is 12.4. The minimum atomic E-state index is -0.404. The zero-order valence-electron chi connectivity index (χ0n) is 12.1. The summed E-state index contributed by atoms with van der Waals surface area (Å²) in [5, 5.41) is 4.22. The van der Waals surface area contributed by atoms with Gasteiger partial charge in [-0.15, -0.1) is 0 Å². The Labute approximate surface area is 151 Å². The topological polar surface area (TPSA) is 64.0 Å². The summed E-state index contributed by atoms with van der Waals surface area (Å²) in [6, 6.07) is 9.50. The van der Waals surface area contributed by atoms with Crippen LogP contribution in [-0.2, 0) is 11.3 Å². The first-order valence-corrected chi connectivity index (χ1v) is 7.96. The molecule has 0 spiro atoms. The first-order valence-electron chi connectivity index (χ1n) is 6.83. The van der Waals surface area contributed by atoms with E-state index >= 15 is 0 Å². The van der Waals surface area contributed by atoms with Crippen LogP contribution in [0.4, 0.5) is 5.69 Å².